The van der Waals surface area contributed by atoms with E-state index in [1.807, 2.05) is 43.3 Å². The quantitative estimate of drug-likeness (QED) is 0.728. The molecule has 6 heteroatoms. The van der Waals surface area contributed by atoms with Gasteiger partial charge in [-0.2, -0.15) is 0 Å². The largest absolute Gasteiger partial charge is 0.493 e. The number of ether oxygens (including phenoxy) is 2. The van der Waals surface area contributed by atoms with Crippen LogP contribution in [-0.2, 0) is 11.2 Å². The van der Waals surface area contributed by atoms with Crippen LogP contribution in [0.15, 0.2) is 48.5 Å². The number of likely N-dealkylation sites (N-methyl/N-ethyl adjacent to an activating group) is 1. The van der Waals surface area contributed by atoms with Gasteiger partial charge in [-0.1, -0.05) is 45.0 Å². The van der Waals surface area contributed by atoms with Crippen molar-refractivity contribution in [3.63, 3.8) is 0 Å². The maximum absolute atomic E-state index is 13.7. The van der Waals surface area contributed by atoms with Gasteiger partial charge in [-0.3, -0.25) is 9.59 Å². The Hall–Kier alpha value is -3.02. The summed E-state index contributed by atoms with van der Waals surface area (Å²) in [5.74, 6) is 0.986. The molecule has 1 aliphatic heterocycles. The number of methoxy groups -OCH3 is 2. The molecule has 0 radical (unpaired) electrons. The van der Waals surface area contributed by atoms with Gasteiger partial charge in [0.15, 0.2) is 11.5 Å². The lowest BCUT2D eigenvalue weighted by Gasteiger charge is -2.42. The fraction of sp³-hybridized carbons (Fsp3) is 0.440. The number of rotatable bonds is 5. The molecule has 2 aromatic rings. The van der Waals surface area contributed by atoms with Crippen LogP contribution in [0.5, 0.6) is 11.5 Å². The predicted octanol–water partition coefficient (Wildman–Crippen LogP) is 3.99. The molecule has 1 saturated heterocycles. The molecule has 2 aromatic carbocycles. The van der Waals surface area contributed by atoms with Gasteiger partial charge in [0, 0.05) is 24.4 Å². The van der Waals surface area contributed by atoms with E-state index in [1.54, 1.807) is 43.2 Å². The second-order valence-electron chi connectivity index (χ2n) is 9.34. The summed E-state index contributed by atoms with van der Waals surface area (Å²) in [6.07, 6.45) is -0.0142. The van der Waals surface area contributed by atoms with Crippen LogP contribution < -0.4 is 9.47 Å². The molecule has 2 atom stereocenters. The topological polar surface area (TPSA) is 59.1 Å². The maximum Gasteiger partial charge on any atom is 0.256 e. The molecular formula is C25H32N2O4. The molecule has 2 amide bonds. The van der Waals surface area contributed by atoms with Crippen LogP contribution in [0, 0.1) is 5.41 Å². The highest BCUT2D eigenvalue weighted by atomic mass is 16.5. The van der Waals surface area contributed by atoms with Gasteiger partial charge in [0.05, 0.1) is 14.2 Å². The second kappa shape index (κ2) is 8.25. The molecule has 6 nitrogen and oxygen atoms in total. The summed E-state index contributed by atoms with van der Waals surface area (Å²) in [6, 6.07) is 14.7. The normalized spacial score (nSPS) is 21.4. The van der Waals surface area contributed by atoms with E-state index in [9.17, 15) is 9.59 Å². The minimum Gasteiger partial charge on any atom is -0.493 e. The highest BCUT2D eigenvalue weighted by molar-refractivity contribution is 6.01. The Balaban J connectivity index is 2.10. The zero-order valence-corrected chi connectivity index (χ0v) is 19.4. The van der Waals surface area contributed by atoms with Gasteiger partial charge >= 0.3 is 0 Å². The van der Waals surface area contributed by atoms with Crippen molar-refractivity contribution < 1.29 is 19.1 Å². The number of nitrogens with zero attached hydrogens (tertiary/aromatic N) is 2. The summed E-state index contributed by atoms with van der Waals surface area (Å²) in [7, 11) is 4.95. The van der Waals surface area contributed by atoms with E-state index < -0.39 is 5.54 Å². The van der Waals surface area contributed by atoms with Crippen LogP contribution in [0.1, 0.15) is 43.6 Å². The zero-order valence-electron chi connectivity index (χ0n) is 19.4. The summed E-state index contributed by atoms with van der Waals surface area (Å²) in [6.45, 7) is 8.01. The Bertz CT molecular complexity index is 967. The van der Waals surface area contributed by atoms with Crippen molar-refractivity contribution in [2.75, 3.05) is 21.3 Å². The van der Waals surface area contributed by atoms with Crippen molar-refractivity contribution in [2.45, 2.75) is 45.8 Å². The number of amides is 2. The fourth-order valence-electron chi connectivity index (χ4n) is 4.61. The van der Waals surface area contributed by atoms with Gasteiger partial charge in [0.2, 0.25) is 5.91 Å². The van der Waals surface area contributed by atoms with E-state index in [0.29, 0.717) is 23.5 Å². The van der Waals surface area contributed by atoms with Gasteiger partial charge in [-0.25, -0.2) is 0 Å². The standard InChI is InChI=1S/C25H32N2O4/c1-24(2,3)22-26(5)23(29)25(4,27(22)21(28)18-11-9-8-10-12-18)16-17-13-14-19(30-6)20(15-17)31-7/h8-15,22H,16H2,1-7H3. The first-order chi connectivity index (χ1) is 14.5. The minimum absolute atomic E-state index is 0.0773. The molecule has 0 N–H and O–H groups in total. The summed E-state index contributed by atoms with van der Waals surface area (Å²) < 4.78 is 10.8. The lowest BCUT2D eigenvalue weighted by molar-refractivity contribution is -0.132. The molecule has 1 heterocycles. The van der Waals surface area contributed by atoms with Crippen molar-refractivity contribution in [2.24, 2.45) is 5.41 Å². The van der Waals surface area contributed by atoms with E-state index in [-0.39, 0.29) is 23.4 Å². The van der Waals surface area contributed by atoms with Crippen molar-refractivity contribution in [3.8, 4) is 11.5 Å². The smallest absolute Gasteiger partial charge is 0.256 e. The van der Waals surface area contributed by atoms with Crippen LogP contribution in [0.4, 0.5) is 0 Å². The first-order valence-electron chi connectivity index (χ1n) is 10.4. The van der Waals surface area contributed by atoms with Crippen molar-refractivity contribution in [1.29, 1.82) is 0 Å². The monoisotopic (exact) mass is 424 g/mol. The van der Waals surface area contributed by atoms with Gasteiger partial charge in [-0.15, -0.1) is 0 Å². The first kappa shape index (κ1) is 22.7. The first-order valence-corrected chi connectivity index (χ1v) is 10.4. The lowest BCUT2D eigenvalue weighted by Crippen LogP contribution is -2.56. The zero-order chi connectivity index (χ0) is 23.0. The van der Waals surface area contributed by atoms with Crippen LogP contribution in [0.3, 0.4) is 0 Å². The molecule has 31 heavy (non-hydrogen) atoms. The number of hydrogen-bond acceptors (Lipinski definition) is 4. The minimum atomic E-state index is -1.04. The van der Waals surface area contributed by atoms with Crippen LogP contribution in [0.2, 0.25) is 0 Å². The van der Waals surface area contributed by atoms with Crippen molar-refractivity contribution in [3.05, 3.63) is 59.7 Å². The Morgan fingerprint density at radius 1 is 1.03 bits per heavy atom. The number of hydrogen-bond donors (Lipinski definition) is 0. The van der Waals surface area contributed by atoms with Crippen molar-refractivity contribution in [1.82, 2.24) is 9.80 Å². The number of carbonyl (C=O) groups is 2. The summed E-state index contributed by atoms with van der Waals surface area (Å²) in [5, 5.41) is 0. The fourth-order valence-corrected chi connectivity index (χ4v) is 4.61. The summed E-state index contributed by atoms with van der Waals surface area (Å²) in [5.41, 5.74) is 0.0874. The Labute approximate surface area is 184 Å². The number of carbonyl (C=O) groups excluding carboxylic acids is 2. The van der Waals surface area contributed by atoms with E-state index in [2.05, 4.69) is 20.8 Å². The van der Waals surface area contributed by atoms with Crippen LogP contribution in [-0.4, -0.2) is 54.6 Å². The highest BCUT2D eigenvalue weighted by Gasteiger charge is 2.58. The molecule has 1 fully saturated rings. The molecule has 0 spiro atoms. The van der Waals surface area contributed by atoms with E-state index >= 15 is 0 Å². The van der Waals surface area contributed by atoms with E-state index in [0.717, 1.165) is 5.56 Å². The molecular weight excluding hydrogens is 392 g/mol. The Kier molecular flexibility index (Phi) is 6.03. The Morgan fingerprint density at radius 2 is 1.65 bits per heavy atom. The lowest BCUT2D eigenvalue weighted by atomic mass is 9.87. The highest BCUT2D eigenvalue weighted by Crippen LogP contribution is 2.42. The van der Waals surface area contributed by atoms with Crippen LogP contribution >= 0.6 is 0 Å². The van der Waals surface area contributed by atoms with Gasteiger partial charge in [0.1, 0.15) is 11.7 Å². The number of benzene rings is 2. The average Bonchev–Trinajstić information content (AvgIpc) is 2.94. The van der Waals surface area contributed by atoms with Crippen molar-refractivity contribution >= 4 is 11.8 Å². The third-order valence-corrected chi connectivity index (χ3v) is 5.93. The summed E-state index contributed by atoms with van der Waals surface area (Å²) >= 11 is 0. The van der Waals surface area contributed by atoms with Gasteiger partial charge in [0.25, 0.3) is 5.91 Å². The molecule has 166 valence electrons. The molecule has 0 aromatic heterocycles. The van der Waals surface area contributed by atoms with Gasteiger partial charge < -0.3 is 19.3 Å². The van der Waals surface area contributed by atoms with E-state index in [1.165, 1.54) is 0 Å². The second-order valence-corrected chi connectivity index (χ2v) is 9.34. The third kappa shape index (κ3) is 3.99. The Morgan fingerprint density at radius 3 is 2.19 bits per heavy atom. The molecule has 3 rings (SSSR count). The van der Waals surface area contributed by atoms with E-state index in [4.69, 9.17) is 9.47 Å². The maximum atomic E-state index is 13.7. The average molecular weight is 425 g/mol. The molecule has 0 aliphatic carbocycles. The molecule has 2 unspecified atom stereocenters. The third-order valence-electron chi connectivity index (χ3n) is 5.93. The van der Waals surface area contributed by atoms with Crippen LogP contribution in [0.25, 0.3) is 0 Å². The molecule has 1 aliphatic rings. The predicted molar refractivity (Wildman–Crippen MR) is 120 cm³/mol. The summed E-state index contributed by atoms with van der Waals surface area (Å²) in [4.78, 5) is 30.8. The molecule has 0 saturated carbocycles. The molecule has 0 bridgehead atoms. The SMILES string of the molecule is COc1ccc(CC2(C)C(=O)N(C)C(C(C)(C)C)N2C(=O)c2ccccc2)cc1OC. The van der Waals surface area contributed by atoms with Gasteiger partial charge in [-0.05, 0) is 36.8 Å².